The zero-order valence-electron chi connectivity index (χ0n) is 19.0. The standard InChI is InChI=1S/C25H22F3N3O4/c1-16-5-4-6-17(2)23(16)31(24(32)33)29-15-19-7-11-22(12-8-19)35-30-18(3)20-9-13-21(14-10-20)34-25(26,27)28/h4-15H,1-3H3,(H,32,33)/p-1. The summed E-state index contributed by atoms with van der Waals surface area (Å²) in [5, 5.41) is 20.5. The van der Waals surface area contributed by atoms with Gasteiger partial charge in [-0.1, -0.05) is 23.4 Å². The highest BCUT2D eigenvalue weighted by atomic mass is 19.4. The highest BCUT2D eigenvalue weighted by molar-refractivity contribution is 5.98. The molecule has 0 fully saturated rings. The van der Waals surface area contributed by atoms with Gasteiger partial charge in [-0.2, -0.15) is 5.10 Å². The van der Waals surface area contributed by atoms with Crippen molar-refractivity contribution in [1.29, 1.82) is 0 Å². The molecule has 0 radical (unpaired) electrons. The molecule has 0 aromatic heterocycles. The maximum atomic E-state index is 12.3. The van der Waals surface area contributed by atoms with E-state index < -0.39 is 12.5 Å². The topological polar surface area (TPSA) is 86.6 Å². The molecule has 35 heavy (non-hydrogen) atoms. The Labute approximate surface area is 199 Å². The molecule has 3 rings (SSSR count). The number of ether oxygens (including phenoxy) is 1. The van der Waals surface area contributed by atoms with Crippen molar-refractivity contribution in [3.05, 3.63) is 89.0 Å². The fourth-order valence-corrected chi connectivity index (χ4v) is 3.15. The lowest BCUT2D eigenvalue weighted by Crippen LogP contribution is -2.38. The van der Waals surface area contributed by atoms with Gasteiger partial charge >= 0.3 is 6.36 Å². The number of hydrogen-bond acceptors (Lipinski definition) is 6. The first-order chi connectivity index (χ1) is 16.5. The number of hydrogen-bond donors (Lipinski definition) is 0. The molecule has 0 bridgehead atoms. The van der Waals surface area contributed by atoms with Crippen molar-refractivity contribution in [3.8, 4) is 11.5 Å². The van der Waals surface area contributed by atoms with E-state index >= 15 is 0 Å². The van der Waals surface area contributed by atoms with Crippen molar-refractivity contribution in [3.63, 3.8) is 0 Å². The van der Waals surface area contributed by atoms with Crippen LogP contribution in [0.2, 0.25) is 0 Å². The second-order valence-corrected chi connectivity index (χ2v) is 7.47. The van der Waals surface area contributed by atoms with Crippen LogP contribution in [-0.4, -0.2) is 24.4 Å². The number of carbonyl (C=O) groups is 1. The maximum absolute atomic E-state index is 12.3. The molecule has 0 aliphatic rings. The quantitative estimate of drug-likeness (QED) is 0.341. The van der Waals surface area contributed by atoms with Crippen LogP contribution in [0.3, 0.4) is 0 Å². The first-order valence-electron chi connectivity index (χ1n) is 10.3. The van der Waals surface area contributed by atoms with E-state index in [9.17, 15) is 23.1 Å². The molecular formula is C25H21F3N3O4-. The van der Waals surface area contributed by atoms with Crippen molar-refractivity contribution in [2.75, 3.05) is 5.01 Å². The Hall–Kier alpha value is -4.34. The number of amides is 1. The van der Waals surface area contributed by atoms with Gasteiger partial charge in [0.05, 0.1) is 17.6 Å². The normalized spacial score (nSPS) is 12.0. The Morgan fingerprint density at radius 2 is 1.51 bits per heavy atom. The number of nitrogens with zero attached hydrogens (tertiary/aromatic N) is 3. The van der Waals surface area contributed by atoms with Crippen LogP contribution in [0, 0.1) is 13.8 Å². The summed E-state index contributed by atoms with van der Waals surface area (Å²) >= 11 is 0. The number of oxime groups is 1. The third kappa shape index (κ3) is 7.07. The number of para-hydroxylation sites is 1. The Bertz CT molecular complexity index is 1220. The summed E-state index contributed by atoms with van der Waals surface area (Å²) in [7, 11) is 0. The molecule has 0 atom stereocenters. The Morgan fingerprint density at radius 3 is 2.06 bits per heavy atom. The second kappa shape index (κ2) is 10.7. The Kier molecular flexibility index (Phi) is 7.75. The minimum atomic E-state index is -4.76. The van der Waals surface area contributed by atoms with Crippen LogP contribution in [0.25, 0.3) is 0 Å². The number of alkyl halides is 3. The zero-order chi connectivity index (χ0) is 25.6. The lowest BCUT2D eigenvalue weighted by Gasteiger charge is -2.23. The van der Waals surface area contributed by atoms with Gasteiger partial charge in [0.2, 0.25) is 0 Å². The van der Waals surface area contributed by atoms with Crippen molar-refractivity contribution < 1.29 is 32.6 Å². The van der Waals surface area contributed by atoms with Crippen molar-refractivity contribution >= 4 is 23.7 Å². The molecule has 0 saturated heterocycles. The minimum Gasteiger partial charge on any atom is -0.528 e. The molecule has 0 unspecified atom stereocenters. The smallest absolute Gasteiger partial charge is 0.528 e. The molecule has 0 aliphatic heterocycles. The summed E-state index contributed by atoms with van der Waals surface area (Å²) in [4.78, 5) is 17.0. The monoisotopic (exact) mass is 484 g/mol. The molecule has 0 saturated carbocycles. The summed E-state index contributed by atoms with van der Waals surface area (Å²) in [5.41, 5.74) is 3.52. The van der Waals surface area contributed by atoms with Crippen LogP contribution in [0.5, 0.6) is 11.5 Å². The summed E-state index contributed by atoms with van der Waals surface area (Å²) in [6, 6.07) is 17.2. The van der Waals surface area contributed by atoms with Gasteiger partial charge in [-0.3, -0.25) is 0 Å². The van der Waals surface area contributed by atoms with Gasteiger partial charge in [0.25, 0.3) is 0 Å². The number of carbonyl (C=O) groups excluding carboxylic acids is 1. The summed E-state index contributed by atoms with van der Waals surface area (Å²) in [5.74, 6) is 0.0621. The molecule has 10 heteroatoms. The van der Waals surface area contributed by atoms with Gasteiger partial charge in [-0.15, -0.1) is 13.2 Å². The number of halogens is 3. The van der Waals surface area contributed by atoms with Crippen LogP contribution in [0.4, 0.5) is 23.7 Å². The van der Waals surface area contributed by atoms with Gasteiger partial charge in [-0.05, 0) is 91.6 Å². The van der Waals surface area contributed by atoms with E-state index in [4.69, 9.17) is 4.84 Å². The van der Waals surface area contributed by atoms with Gasteiger partial charge in [0.1, 0.15) is 5.75 Å². The van der Waals surface area contributed by atoms with E-state index in [1.54, 1.807) is 57.2 Å². The molecule has 1 amide bonds. The molecule has 182 valence electrons. The highest BCUT2D eigenvalue weighted by Gasteiger charge is 2.30. The fourth-order valence-electron chi connectivity index (χ4n) is 3.15. The van der Waals surface area contributed by atoms with Gasteiger partial charge in [0, 0.05) is 0 Å². The number of carboxylic acid groups (broad SMARTS) is 1. The lowest BCUT2D eigenvalue weighted by atomic mass is 10.1. The fraction of sp³-hybridized carbons (Fsp3) is 0.160. The van der Waals surface area contributed by atoms with Gasteiger partial charge < -0.3 is 19.5 Å². The summed E-state index contributed by atoms with van der Waals surface area (Å²) in [6.45, 7) is 5.21. The Balaban J connectivity index is 1.67. The summed E-state index contributed by atoms with van der Waals surface area (Å²) in [6.07, 6.45) is -4.83. The number of rotatable bonds is 7. The van der Waals surface area contributed by atoms with Crippen molar-refractivity contribution in [2.45, 2.75) is 27.1 Å². The van der Waals surface area contributed by atoms with E-state index in [1.165, 1.54) is 30.5 Å². The molecule has 0 aliphatic carbocycles. The lowest BCUT2D eigenvalue weighted by molar-refractivity contribution is -0.274. The molecule has 3 aromatic carbocycles. The van der Waals surface area contributed by atoms with Gasteiger partial charge in [0.15, 0.2) is 11.8 Å². The second-order valence-electron chi connectivity index (χ2n) is 7.47. The molecular weight excluding hydrogens is 463 g/mol. The van der Waals surface area contributed by atoms with Crippen LogP contribution in [0.15, 0.2) is 77.0 Å². The first-order valence-corrected chi connectivity index (χ1v) is 10.3. The average molecular weight is 484 g/mol. The van der Waals surface area contributed by atoms with Crippen LogP contribution < -0.4 is 19.7 Å². The van der Waals surface area contributed by atoms with E-state index in [1.807, 2.05) is 6.07 Å². The largest absolute Gasteiger partial charge is 0.573 e. The summed E-state index contributed by atoms with van der Waals surface area (Å²) < 4.78 is 40.6. The van der Waals surface area contributed by atoms with E-state index in [-0.39, 0.29) is 5.75 Å². The number of aryl methyl sites for hydroxylation is 2. The highest BCUT2D eigenvalue weighted by Crippen LogP contribution is 2.25. The number of benzene rings is 3. The predicted molar refractivity (Wildman–Crippen MR) is 124 cm³/mol. The van der Waals surface area contributed by atoms with Gasteiger partial charge in [-0.25, -0.2) is 5.01 Å². The molecule has 3 aromatic rings. The SMILES string of the molecule is CC(=NOc1ccc(C=NN(C(=O)[O-])c2c(C)cccc2C)cc1)c1ccc(OC(F)(F)F)cc1. The number of hydrazone groups is 1. The molecule has 7 nitrogen and oxygen atoms in total. The first kappa shape index (κ1) is 25.3. The van der Waals surface area contributed by atoms with Crippen LogP contribution >= 0.6 is 0 Å². The third-order valence-electron chi connectivity index (χ3n) is 4.82. The van der Waals surface area contributed by atoms with Crippen LogP contribution in [-0.2, 0) is 0 Å². The van der Waals surface area contributed by atoms with Crippen molar-refractivity contribution in [2.24, 2.45) is 10.3 Å². The molecule has 0 spiro atoms. The Morgan fingerprint density at radius 1 is 0.943 bits per heavy atom. The van der Waals surface area contributed by atoms with E-state index in [0.29, 0.717) is 28.3 Å². The third-order valence-corrected chi connectivity index (χ3v) is 4.82. The zero-order valence-corrected chi connectivity index (χ0v) is 19.0. The van der Waals surface area contributed by atoms with E-state index in [2.05, 4.69) is 15.0 Å². The molecule has 0 N–H and O–H groups in total. The molecule has 0 heterocycles. The van der Waals surface area contributed by atoms with E-state index in [0.717, 1.165) is 16.1 Å². The van der Waals surface area contributed by atoms with Crippen LogP contribution in [0.1, 0.15) is 29.2 Å². The number of anilines is 1. The predicted octanol–water partition coefficient (Wildman–Crippen LogP) is 5.19. The van der Waals surface area contributed by atoms with Crippen molar-refractivity contribution in [1.82, 2.24) is 0 Å². The average Bonchev–Trinajstić information content (AvgIpc) is 2.79. The maximum Gasteiger partial charge on any atom is 0.573 e. The minimum absolute atomic E-state index is 0.331.